The van der Waals surface area contributed by atoms with Crippen LogP contribution in [0.25, 0.3) is 11.5 Å². The second-order valence-corrected chi connectivity index (χ2v) is 5.93. The maximum absolute atomic E-state index is 11.9. The van der Waals surface area contributed by atoms with E-state index in [0.717, 1.165) is 16.7 Å². The summed E-state index contributed by atoms with van der Waals surface area (Å²) in [6, 6.07) is 6.14. The largest absolute Gasteiger partial charge is 0.403 e. The minimum absolute atomic E-state index is 0.126. The summed E-state index contributed by atoms with van der Waals surface area (Å²) in [5.74, 6) is 0.254. The number of nitrogens with one attached hydrogen (secondary N) is 1. The number of amides is 1. The van der Waals surface area contributed by atoms with Crippen LogP contribution in [-0.4, -0.2) is 16.1 Å². The Bertz CT molecular complexity index is 639. The Kier molecular flexibility index (Phi) is 3.61. The highest BCUT2D eigenvalue weighted by Gasteiger charge is 2.23. The van der Waals surface area contributed by atoms with Gasteiger partial charge < -0.3 is 4.42 Å². The fraction of sp³-hybridized carbons (Fsp3) is 0.400. The number of aromatic nitrogens is 2. The lowest BCUT2D eigenvalue weighted by Crippen LogP contribution is -2.27. The molecule has 1 aromatic carbocycles. The van der Waals surface area contributed by atoms with E-state index < -0.39 is 5.41 Å². The third-order valence-electron chi connectivity index (χ3n) is 2.95. The fourth-order valence-electron chi connectivity index (χ4n) is 1.63. The number of rotatable bonds is 2. The van der Waals surface area contributed by atoms with E-state index in [1.807, 2.05) is 52.8 Å². The van der Waals surface area contributed by atoms with Gasteiger partial charge in [0.2, 0.25) is 11.8 Å². The zero-order valence-electron chi connectivity index (χ0n) is 12.4. The predicted octanol–water partition coefficient (Wildman–Crippen LogP) is 3.34. The van der Waals surface area contributed by atoms with Crippen molar-refractivity contribution in [2.75, 3.05) is 5.32 Å². The zero-order chi connectivity index (χ0) is 14.9. The number of aryl methyl sites for hydroxylation is 2. The molecular weight excluding hydrogens is 254 g/mol. The smallest absolute Gasteiger partial charge is 0.322 e. The number of benzene rings is 1. The van der Waals surface area contributed by atoms with E-state index in [1.54, 1.807) is 0 Å². The van der Waals surface area contributed by atoms with Gasteiger partial charge in [-0.25, -0.2) is 0 Å². The Hall–Kier alpha value is -2.17. The maximum Gasteiger partial charge on any atom is 0.322 e. The van der Waals surface area contributed by atoms with Crippen LogP contribution in [0.15, 0.2) is 22.6 Å². The Morgan fingerprint density at radius 3 is 2.55 bits per heavy atom. The van der Waals surface area contributed by atoms with Gasteiger partial charge in [-0.2, -0.15) is 0 Å². The SMILES string of the molecule is Cc1ccc(C)c(-c2nnc(NC(=O)C(C)(C)C)o2)c1. The lowest BCUT2D eigenvalue weighted by atomic mass is 9.96. The molecule has 0 saturated carbocycles. The third-order valence-corrected chi connectivity index (χ3v) is 2.95. The monoisotopic (exact) mass is 273 g/mol. The molecule has 5 nitrogen and oxygen atoms in total. The van der Waals surface area contributed by atoms with Crippen LogP contribution in [0.1, 0.15) is 31.9 Å². The molecule has 0 aliphatic carbocycles. The van der Waals surface area contributed by atoms with E-state index in [1.165, 1.54) is 0 Å². The molecule has 106 valence electrons. The summed E-state index contributed by atoms with van der Waals surface area (Å²) in [5, 5.41) is 10.5. The van der Waals surface area contributed by atoms with Crippen molar-refractivity contribution >= 4 is 11.9 Å². The maximum atomic E-state index is 11.9. The minimum Gasteiger partial charge on any atom is -0.403 e. The summed E-state index contributed by atoms with van der Waals surface area (Å²) >= 11 is 0. The molecule has 1 N–H and O–H groups in total. The molecule has 0 fully saturated rings. The molecule has 0 saturated heterocycles. The van der Waals surface area contributed by atoms with Crippen molar-refractivity contribution < 1.29 is 9.21 Å². The van der Waals surface area contributed by atoms with Crippen molar-refractivity contribution in [2.24, 2.45) is 5.41 Å². The van der Waals surface area contributed by atoms with Crippen molar-refractivity contribution in [3.05, 3.63) is 29.3 Å². The fourth-order valence-corrected chi connectivity index (χ4v) is 1.63. The Morgan fingerprint density at radius 2 is 1.90 bits per heavy atom. The van der Waals surface area contributed by atoms with E-state index in [-0.39, 0.29) is 11.9 Å². The lowest BCUT2D eigenvalue weighted by Gasteiger charge is -2.15. The first kappa shape index (κ1) is 14.2. The van der Waals surface area contributed by atoms with E-state index in [4.69, 9.17) is 4.42 Å². The van der Waals surface area contributed by atoms with Gasteiger partial charge in [-0.3, -0.25) is 10.1 Å². The van der Waals surface area contributed by atoms with Gasteiger partial charge in [0, 0.05) is 11.0 Å². The van der Waals surface area contributed by atoms with Crippen LogP contribution in [0.3, 0.4) is 0 Å². The molecule has 0 spiro atoms. The summed E-state index contributed by atoms with van der Waals surface area (Å²) in [7, 11) is 0. The molecule has 0 radical (unpaired) electrons. The number of nitrogens with zero attached hydrogens (tertiary/aromatic N) is 2. The van der Waals surface area contributed by atoms with Gasteiger partial charge in [0.25, 0.3) is 0 Å². The molecule has 0 unspecified atom stereocenters. The zero-order valence-corrected chi connectivity index (χ0v) is 12.4. The minimum atomic E-state index is -0.506. The third kappa shape index (κ3) is 3.04. The van der Waals surface area contributed by atoms with Crippen LogP contribution >= 0.6 is 0 Å². The molecule has 5 heteroatoms. The molecule has 20 heavy (non-hydrogen) atoms. The number of anilines is 1. The highest BCUT2D eigenvalue weighted by atomic mass is 16.4. The van der Waals surface area contributed by atoms with Gasteiger partial charge in [-0.15, -0.1) is 5.10 Å². The lowest BCUT2D eigenvalue weighted by molar-refractivity contribution is -0.123. The molecule has 0 bridgehead atoms. The molecule has 0 atom stereocenters. The average Bonchev–Trinajstić information content (AvgIpc) is 2.79. The molecule has 2 aromatic rings. The topological polar surface area (TPSA) is 68.0 Å². The van der Waals surface area contributed by atoms with Crippen LogP contribution in [0, 0.1) is 19.3 Å². The standard InChI is InChI=1S/C15H19N3O2/c1-9-6-7-10(2)11(8-9)12-17-18-14(20-12)16-13(19)15(3,4)5/h6-8H,1-5H3,(H,16,18,19). The van der Waals surface area contributed by atoms with Crippen molar-refractivity contribution in [1.82, 2.24) is 10.2 Å². The van der Waals surface area contributed by atoms with E-state index in [9.17, 15) is 4.79 Å². The first-order valence-corrected chi connectivity index (χ1v) is 6.50. The van der Waals surface area contributed by atoms with Gasteiger partial charge in [0.1, 0.15) is 0 Å². The summed E-state index contributed by atoms with van der Waals surface area (Å²) in [5.41, 5.74) is 2.54. The predicted molar refractivity (Wildman–Crippen MR) is 77.3 cm³/mol. The molecule has 2 rings (SSSR count). The first-order chi connectivity index (χ1) is 9.27. The molecule has 1 amide bonds. The summed E-state index contributed by atoms with van der Waals surface area (Å²) in [6.45, 7) is 9.45. The van der Waals surface area contributed by atoms with Crippen molar-refractivity contribution in [3.63, 3.8) is 0 Å². The second-order valence-electron chi connectivity index (χ2n) is 5.93. The Balaban J connectivity index is 2.25. The molecule has 0 aliphatic heterocycles. The van der Waals surface area contributed by atoms with E-state index in [2.05, 4.69) is 15.5 Å². The van der Waals surface area contributed by atoms with Gasteiger partial charge in [0.15, 0.2) is 0 Å². The number of hydrogen-bond acceptors (Lipinski definition) is 4. The molecular formula is C15H19N3O2. The van der Waals surface area contributed by atoms with E-state index in [0.29, 0.717) is 5.89 Å². The van der Waals surface area contributed by atoms with Crippen LogP contribution in [0.4, 0.5) is 6.01 Å². The molecule has 0 aliphatic rings. The molecule has 1 heterocycles. The van der Waals surface area contributed by atoms with Crippen LogP contribution in [0.5, 0.6) is 0 Å². The van der Waals surface area contributed by atoms with Gasteiger partial charge >= 0.3 is 6.01 Å². The Morgan fingerprint density at radius 1 is 1.20 bits per heavy atom. The van der Waals surface area contributed by atoms with Crippen LogP contribution in [0.2, 0.25) is 0 Å². The highest BCUT2D eigenvalue weighted by Crippen LogP contribution is 2.25. The normalized spacial score (nSPS) is 11.4. The summed E-state index contributed by atoms with van der Waals surface area (Å²) < 4.78 is 5.52. The average molecular weight is 273 g/mol. The van der Waals surface area contributed by atoms with Crippen LogP contribution < -0.4 is 5.32 Å². The van der Waals surface area contributed by atoms with Gasteiger partial charge in [0.05, 0.1) is 0 Å². The highest BCUT2D eigenvalue weighted by molar-refractivity contribution is 5.92. The van der Waals surface area contributed by atoms with Crippen molar-refractivity contribution in [3.8, 4) is 11.5 Å². The quantitative estimate of drug-likeness (QED) is 0.911. The number of hydrogen-bond donors (Lipinski definition) is 1. The van der Waals surface area contributed by atoms with E-state index >= 15 is 0 Å². The number of carbonyl (C=O) groups excluding carboxylic acids is 1. The van der Waals surface area contributed by atoms with Gasteiger partial charge in [-0.05, 0) is 25.5 Å². The van der Waals surface area contributed by atoms with Crippen LogP contribution in [-0.2, 0) is 4.79 Å². The van der Waals surface area contributed by atoms with Gasteiger partial charge in [-0.1, -0.05) is 43.6 Å². The Labute approximate surface area is 118 Å². The summed E-state index contributed by atoms with van der Waals surface area (Å²) in [6.07, 6.45) is 0. The molecule has 1 aromatic heterocycles. The second kappa shape index (κ2) is 5.07. The number of carbonyl (C=O) groups is 1. The van der Waals surface area contributed by atoms with Crippen molar-refractivity contribution in [1.29, 1.82) is 0 Å². The first-order valence-electron chi connectivity index (χ1n) is 6.50. The summed E-state index contributed by atoms with van der Waals surface area (Å²) in [4.78, 5) is 11.9. The van der Waals surface area contributed by atoms with Crippen molar-refractivity contribution in [2.45, 2.75) is 34.6 Å².